The molecule has 2 aromatic rings. The zero-order chi connectivity index (χ0) is 21.1. The van der Waals surface area contributed by atoms with E-state index in [0.29, 0.717) is 29.5 Å². The van der Waals surface area contributed by atoms with Gasteiger partial charge in [-0.3, -0.25) is 9.59 Å². The number of nitrogens with one attached hydrogen (secondary N) is 1. The van der Waals surface area contributed by atoms with Crippen molar-refractivity contribution in [3.8, 4) is 5.75 Å². The summed E-state index contributed by atoms with van der Waals surface area (Å²) in [6.07, 6.45) is 0.791. The first-order valence-corrected chi connectivity index (χ1v) is 10.1. The van der Waals surface area contributed by atoms with Gasteiger partial charge in [-0.1, -0.05) is 0 Å². The van der Waals surface area contributed by atoms with Crippen LogP contribution in [0, 0.1) is 15.2 Å². The van der Waals surface area contributed by atoms with E-state index in [1.54, 1.807) is 11.0 Å². The highest BCUT2D eigenvalue weighted by Crippen LogP contribution is 2.33. The van der Waals surface area contributed by atoms with Crippen LogP contribution in [0.3, 0.4) is 0 Å². The maximum absolute atomic E-state index is 14.2. The summed E-state index contributed by atoms with van der Waals surface area (Å²) in [5, 5.41) is 2.74. The second-order valence-corrected chi connectivity index (χ2v) is 8.01. The summed E-state index contributed by atoms with van der Waals surface area (Å²) in [6, 6.07) is 6.64. The molecule has 0 saturated carbocycles. The normalized spacial score (nSPS) is 14.6. The van der Waals surface area contributed by atoms with Crippen molar-refractivity contribution in [2.24, 2.45) is 5.73 Å². The lowest BCUT2D eigenvalue weighted by Crippen LogP contribution is -2.40. The molecule has 0 atom stereocenters. The molecule has 9 heteroatoms. The summed E-state index contributed by atoms with van der Waals surface area (Å²) in [6.45, 7) is 2.53. The number of rotatable bonds is 5. The van der Waals surface area contributed by atoms with Gasteiger partial charge in [-0.15, -0.1) is 0 Å². The average molecular weight is 515 g/mol. The number of halogens is 3. The van der Waals surface area contributed by atoms with Crippen molar-refractivity contribution in [2.45, 2.75) is 25.9 Å². The highest BCUT2D eigenvalue weighted by Gasteiger charge is 2.25. The number of nitrogens with two attached hydrogens (primary N) is 1. The predicted molar refractivity (Wildman–Crippen MR) is 113 cm³/mol. The smallest absolute Gasteiger partial charge is 0.254 e. The summed E-state index contributed by atoms with van der Waals surface area (Å²) in [5.74, 6) is -2.05. The van der Waals surface area contributed by atoms with Gasteiger partial charge in [0.05, 0.1) is 11.4 Å². The maximum atomic E-state index is 14.2. The van der Waals surface area contributed by atoms with Crippen molar-refractivity contribution in [1.82, 2.24) is 4.90 Å². The van der Waals surface area contributed by atoms with Crippen LogP contribution in [-0.2, 0) is 4.79 Å². The van der Waals surface area contributed by atoms with Crippen LogP contribution in [0.25, 0.3) is 0 Å². The van der Waals surface area contributed by atoms with E-state index in [4.69, 9.17) is 10.5 Å². The van der Waals surface area contributed by atoms with Crippen LogP contribution >= 0.6 is 22.6 Å². The molecule has 1 saturated heterocycles. The van der Waals surface area contributed by atoms with E-state index in [9.17, 15) is 18.4 Å². The molecule has 0 unspecified atom stereocenters. The van der Waals surface area contributed by atoms with Crippen LogP contribution in [0.2, 0.25) is 0 Å². The summed E-state index contributed by atoms with van der Waals surface area (Å²) in [4.78, 5) is 25.3. The minimum atomic E-state index is -0.824. The number of anilines is 2. The van der Waals surface area contributed by atoms with E-state index in [2.05, 4.69) is 5.32 Å². The van der Waals surface area contributed by atoms with E-state index in [1.807, 2.05) is 22.6 Å². The standard InChI is InChI=1S/C20H20F2IN3O3/c1-11(27)26-6-4-14(5-7-26)29-18-9-12(21)8-17(19(18)20(24)28)25-16-3-2-13(23)10-15(16)22/h2-3,8-10,14,25H,4-7H2,1H3,(H2,24,28). The highest BCUT2D eigenvalue weighted by atomic mass is 127. The Hall–Kier alpha value is -2.43. The number of nitrogens with zero attached hydrogens (tertiary/aromatic N) is 1. The molecule has 154 valence electrons. The zero-order valence-corrected chi connectivity index (χ0v) is 17.8. The van der Waals surface area contributed by atoms with Crippen molar-refractivity contribution in [1.29, 1.82) is 0 Å². The molecule has 3 rings (SSSR count). The van der Waals surface area contributed by atoms with Crippen molar-refractivity contribution >= 4 is 45.8 Å². The van der Waals surface area contributed by atoms with Gasteiger partial charge in [0.1, 0.15) is 29.1 Å². The van der Waals surface area contributed by atoms with Crippen molar-refractivity contribution in [3.63, 3.8) is 0 Å². The molecule has 29 heavy (non-hydrogen) atoms. The Morgan fingerprint density at radius 2 is 1.86 bits per heavy atom. The minimum Gasteiger partial charge on any atom is -0.489 e. The van der Waals surface area contributed by atoms with Crippen LogP contribution in [0.5, 0.6) is 5.75 Å². The van der Waals surface area contributed by atoms with Crippen molar-refractivity contribution in [3.05, 3.63) is 51.1 Å². The van der Waals surface area contributed by atoms with E-state index in [-0.39, 0.29) is 34.7 Å². The first-order chi connectivity index (χ1) is 13.7. The third-order valence-electron chi connectivity index (χ3n) is 4.69. The molecule has 0 radical (unpaired) electrons. The number of hydrogen-bond donors (Lipinski definition) is 2. The van der Waals surface area contributed by atoms with Gasteiger partial charge in [-0.2, -0.15) is 0 Å². The monoisotopic (exact) mass is 515 g/mol. The summed E-state index contributed by atoms with van der Waals surface area (Å²) < 4.78 is 35.0. The average Bonchev–Trinajstić information content (AvgIpc) is 2.64. The molecule has 3 N–H and O–H groups in total. The summed E-state index contributed by atoms with van der Waals surface area (Å²) >= 11 is 1.97. The molecular weight excluding hydrogens is 495 g/mol. The fourth-order valence-corrected chi connectivity index (χ4v) is 3.68. The second kappa shape index (κ2) is 8.93. The highest BCUT2D eigenvalue weighted by molar-refractivity contribution is 14.1. The maximum Gasteiger partial charge on any atom is 0.254 e. The van der Waals surface area contributed by atoms with Gasteiger partial charge < -0.3 is 20.7 Å². The van der Waals surface area contributed by atoms with Gasteiger partial charge >= 0.3 is 0 Å². The van der Waals surface area contributed by atoms with Gasteiger partial charge in [0.2, 0.25) is 5.91 Å². The first-order valence-electron chi connectivity index (χ1n) is 9.02. The number of carbonyl (C=O) groups excluding carboxylic acids is 2. The Morgan fingerprint density at radius 3 is 2.45 bits per heavy atom. The number of carbonyl (C=O) groups is 2. The number of likely N-dealkylation sites (tertiary alicyclic amines) is 1. The molecule has 2 aromatic carbocycles. The Labute approximate surface area is 180 Å². The van der Waals surface area contributed by atoms with E-state index < -0.39 is 17.5 Å². The Morgan fingerprint density at radius 1 is 1.17 bits per heavy atom. The number of primary amides is 1. The van der Waals surface area contributed by atoms with Crippen LogP contribution in [-0.4, -0.2) is 35.9 Å². The van der Waals surface area contributed by atoms with Crippen LogP contribution in [0.1, 0.15) is 30.1 Å². The van der Waals surface area contributed by atoms with Gasteiger partial charge in [0.15, 0.2) is 0 Å². The Kier molecular flexibility index (Phi) is 6.56. The van der Waals surface area contributed by atoms with Crippen LogP contribution in [0.4, 0.5) is 20.2 Å². The number of ether oxygens (including phenoxy) is 1. The van der Waals surface area contributed by atoms with E-state index >= 15 is 0 Å². The second-order valence-electron chi connectivity index (χ2n) is 6.76. The zero-order valence-electron chi connectivity index (χ0n) is 15.7. The van der Waals surface area contributed by atoms with E-state index in [1.165, 1.54) is 19.1 Å². The third-order valence-corrected chi connectivity index (χ3v) is 5.37. The SMILES string of the molecule is CC(=O)N1CCC(Oc2cc(F)cc(Nc3ccc(I)cc3F)c2C(N)=O)CC1. The molecular formula is C20H20F2IN3O3. The Balaban J connectivity index is 1.88. The lowest BCUT2D eigenvalue weighted by Gasteiger charge is -2.32. The van der Waals surface area contributed by atoms with Crippen molar-refractivity contribution < 1.29 is 23.1 Å². The first kappa shape index (κ1) is 21.3. The molecule has 0 bridgehead atoms. The van der Waals surface area contributed by atoms with Gasteiger partial charge in [-0.05, 0) is 46.9 Å². The number of hydrogen-bond acceptors (Lipinski definition) is 4. The van der Waals surface area contributed by atoms with Gasteiger partial charge in [0, 0.05) is 42.5 Å². The molecule has 1 aliphatic rings. The summed E-state index contributed by atoms with van der Waals surface area (Å²) in [5.41, 5.74) is 5.57. The largest absolute Gasteiger partial charge is 0.489 e. The van der Waals surface area contributed by atoms with Gasteiger partial charge in [0.25, 0.3) is 5.91 Å². The molecule has 0 aromatic heterocycles. The number of piperidine rings is 1. The third kappa shape index (κ3) is 5.14. The molecule has 6 nitrogen and oxygen atoms in total. The van der Waals surface area contributed by atoms with Crippen LogP contribution in [0.15, 0.2) is 30.3 Å². The molecule has 1 heterocycles. The molecule has 2 amide bonds. The fraction of sp³-hybridized carbons (Fsp3) is 0.300. The van der Waals surface area contributed by atoms with E-state index in [0.717, 1.165) is 12.1 Å². The Bertz CT molecular complexity index is 947. The molecule has 0 spiro atoms. The molecule has 0 aliphatic carbocycles. The number of benzene rings is 2. The topological polar surface area (TPSA) is 84.7 Å². The van der Waals surface area contributed by atoms with Crippen molar-refractivity contribution in [2.75, 3.05) is 18.4 Å². The number of amides is 2. The summed E-state index contributed by atoms with van der Waals surface area (Å²) in [7, 11) is 0. The molecule has 1 aliphatic heterocycles. The molecule has 1 fully saturated rings. The predicted octanol–water partition coefficient (Wildman–Crippen LogP) is 3.80. The lowest BCUT2D eigenvalue weighted by molar-refractivity contribution is -0.130. The van der Waals surface area contributed by atoms with Crippen LogP contribution < -0.4 is 15.8 Å². The quantitative estimate of drug-likeness (QED) is 0.594. The lowest BCUT2D eigenvalue weighted by atomic mass is 10.1. The fourth-order valence-electron chi connectivity index (χ4n) is 3.23. The minimum absolute atomic E-state index is 0.00723. The van der Waals surface area contributed by atoms with Gasteiger partial charge in [-0.25, -0.2) is 8.78 Å².